The molecule has 0 saturated heterocycles. The van der Waals surface area contributed by atoms with Crippen LogP contribution in [0.2, 0.25) is 0 Å². The smallest absolute Gasteiger partial charge is 0.268 e. The zero-order valence-electron chi connectivity index (χ0n) is 12.9. The zero-order chi connectivity index (χ0) is 17.3. The van der Waals surface area contributed by atoms with Crippen molar-refractivity contribution in [2.45, 2.75) is 12.7 Å². The summed E-state index contributed by atoms with van der Waals surface area (Å²) in [6.45, 7) is 1.59. The molecule has 0 spiro atoms. The predicted molar refractivity (Wildman–Crippen MR) is 84.1 cm³/mol. The second-order valence-electron chi connectivity index (χ2n) is 5.08. The quantitative estimate of drug-likeness (QED) is 0.749. The van der Waals surface area contributed by atoms with E-state index in [2.05, 4.69) is 9.68 Å². The van der Waals surface area contributed by atoms with Crippen LogP contribution < -0.4 is 9.46 Å². The molecule has 0 aliphatic carbocycles. The number of amides is 1. The van der Waals surface area contributed by atoms with E-state index >= 15 is 0 Å². The van der Waals surface area contributed by atoms with Crippen molar-refractivity contribution in [2.24, 2.45) is 0 Å². The first-order valence-corrected chi connectivity index (χ1v) is 8.56. The summed E-state index contributed by atoms with van der Waals surface area (Å²) in [6, 6.07) is 6.37. The van der Waals surface area contributed by atoms with Crippen LogP contribution in [0.25, 0.3) is 11.0 Å². The lowest BCUT2D eigenvalue weighted by Gasteiger charge is -2.05. The van der Waals surface area contributed by atoms with Crippen LogP contribution in [-0.2, 0) is 15.8 Å². The van der Waals surface area contributed by atoms with Crippen LogP contribution in [0.3, 0.4) is 0 Å². The number of nitrogens with one attached hydrogen (secondary N) is 1. The van der Waals surface area contributed by atoms with E-state index in [0.29, 0.717) is 22.5 Å². The highest BCUT2D eigenvalue weighted by atomic mass is 32.2. The van der Waals surface area contributed by atoms with E-state index in [0.717, 1.165) is 0 Å². The van der Waals surface area contributed by atoms with E-state index in [1.165, 1.54) is 19.4 Å². The third-order valence-electron chi connectivity index (χ3n) is 3.38. The Hall–Kier alpha value is -2.81. The molecular weight excluding hydrogens is 336 g/mol. The van der Waals surface area contributed by atoms with Gasteiger partial charge in [-0.05, 0) is 25.1 Å². The van der Waals surface area contributed by atoms with Gasteiger partial charge < -0.3 is 13.7 Å². The molecule has 1 aromatic carbocycles. The highest BCUT2D eigenvalue weighted by Crippen LogP contribution is 2.29. The molecule has 3 rings (SSSR count). The number of sulfonamides is 1. The number of rotatable bonds is 5. The zero-order valence-corrected chi connectivity index (χ0v) is 13.7. The van der Waals surface area contributed by atoms with Crippen molar-refractivity contribution in [3.63, 3.8) is 0 Å². The third-order valence-corrected chi connectivity index (χ3v) is 4.55. The van der Waals surface area contributed by atoms with Crippen LogP contribution in [0.1, 0.15) is 21.8 Å². The Bertz CT molecular complexity index is 989. The number of benzene rings is 1. The number of fused-ring (bicyclic) bond motifs is 1. The Labute approximate surface area is 137 Å². The number of carbonyl (C=O) groups is 1. The molecule has 0 fully saturated rings. The fraction of sp³-hybridized carbons (Fsp3) is 0.200. The largest absolute Gasteiger partial charge is 0.497 e. The van der Waals surface area contributed by atoms with E-state index in [4.69, 9.17) is 9.15 Å². The third kappa shape index (κ3) is 3.11. The number of carbonyl (C=O) groups excluding carboxylic acids is 1. The van der Waals surface area contributed by atoms with Gasteiger partial charge in [-0.15, -0.1) is 0 Å². The number of hydrogen-bond acceptors (Lipinski definition) is 7. The molecule has 1 N–H and O–H groups in total. The van der Waals surface area contributed by atoms with E-state index in [-0.39, 0.29) is 11.3 Å². The molecule has 2 aromatic heterocycles. The molecule has 126 valence electrons. The highest BCUT2D eigenvalue weighted by Gasteiger charge is 2.24. The molecule has 24 heavy (non-hydrogen) atoms. The van der Waals surface area contributed by atoms with Crippen LogP contribution in [0.5, 0.6) is 5.75 Å². The molecule has 1 amide bonds. The van der Waals surface area contributed by atoms with E-state index in [1.807, 2.05) is 4.72 Å². The Morgan fingerprint density at radius 3 is 2.79 bits per heavy atom. The molecule has 0 unspecified atom stereocenters. The van der Waals surface area contributed by atoms with Crippen molar-refractivity contribution in [3.05, 3.63) is 47.5 Å². The number of aryl methyl sites for hydroxylation is 1. The van der Waals surface area contributed by atoms with Crippen molar-refractivity contribution >= 4 is 26.9 Å². The Morgan fingerprint density at radius 2 is 2.12 bits per heavy atom. The molecule has 0 bridgehead atoms. The van der Waals surface area contributed by atoms with Gasteiger partial charge in [0.15, 0.2) is 0 Å². The van der Waals surface area contributed by atoms with E-state index in [9.17, 15) is 13.2 Å². The number of nitrogens with zero attached hydrogens (tertiary/aromatic N) is 1. The Kier molecular flexibility index (Phi) is 4.02. The van der Waals surface area contributed by atoms with Gasteiger partial charge in [0.25, 0.3) is 5.91 Å². The maximum atomic E-state index is 12.4. The van der Waals surface area contributed by atoms with Gasteiger partial charge in [-0.1, -0.05) is 5.16 Å². The molecule has 3 aromatic rings. The topological polar surface area (TPSA) is 112 Å². The lowest BCUT2D eigenvalue weighted by molar-refractivity contribution is 0.0981. The maximum Gasteiger partial charge on any atom is 0.268 e. The summed E-state index contributed by atoms with van der Waals surface area (Å²) in [5.41, 5.74) is 0.811. The minimum Gasteiger partial charge on any atom is -0.497 e. The van der Waals surface area contributed by atoms with Crippen molar-refractivity contribution in [2.75, 3.05) is 7.11 Å². The van der Waals surface area contributed by atoms with Gasteiger partial charge in [-0.3, -0.25) is 4.79 Å². The maximum absolute atomic E-state index is 12.4. The summed E-state index contributed by atoms with van der Waals surface area (Å²) in [6.07, 6.45) is 1.26. The minimum absolute atomic E-state index is 0.146. The van der Waals surface area contributed by atoms with Crippen LogP contribution in [0, 0.1) is 6.92 Å². The summed E-state index contributed by atoms with van der Waals surface area (Å²) in [5.74, 6) is -0.397. The first kappa shape index (κ1) is 16.1. The Balaban J connectivity index is 1.92. The van der Waals surface area contributed by atoms with Gasteiger partial charge in [0.2, 0.25) is 10.0 Å². The summed E-state index contributed by atoms with van der Waals surface area (Å²) < 4.78 is 41.4. The average Bonchev–Trinajstić information content (AvgIpc) is 3.11. The first-order chi connectivity index (χ1) is 11.4. The predicted octanol–water partition coefficient (Wildman–Crippen LogP) is 2.00. The first-order valence-electron chi connectivity index (χ1n) is 6.91. The van der Waals surface area contributed by atoms with Crippen LogP contribution in [0.15, 0.2) is 39.5 Å². The van der Waals surface area contributed by atoms with Gasteiger partial charge in [0, 0.05) is 11.5 Å². The summed E-state index contributed by atoms with van der Waals surface area (Å²) in [7, 11) is -2.43. The normalized spacial score (nSPS) is 11.6. The van der Waals surface area contributed by atoms with Crippen molar-refractivity contribution in [1.29, 1.82) is 0 Å². The molecule has 8 nitrogen and oxygen atoms in total. The van der Waals surface area contributed by atoms with Crippen LogP contribution >= 0.6 is 0 Å². The molecular formula is C15H14N2O6S. The SMILES string of the molecule is COc1ccc2oc(C)c(C(=O)NS(=O)(=O)Cc3ccon3)c2c1. The van der Waals surface area contributed by atoms with E-state index < -0.39 is 21.7 Å². The number of hydrogen-bond donors (Lipinski definition) is 1. The second kappa shape index (κ2) is 6.00. The molecule has 0 aliphatic heterocycles. The van der Waals surface area contributed by atoms with Gasteiger partial charge in [0.1, 0.15) is 34.8 Å². The summed E-state index contributed by atoms with van der Waals surface area (Å²) >= 11 is 0. The molecule has 0 aliphatic rings. The molecule has 2 heterocycles. The second-order valence-corrected chi connectivity index (χ2v) is 6.80. The number of methoxy groups -OCH3 is 1. The average molecular weight is 350 g/mol. The molecule has 0 saturated carbocycles. The molecule has 0 radical (unpaired) electrons. The minimum atomic E-state index is -3.93. The summed E-state index contributed by atoms with van der Waals surface area (Å²) in [5, 5.41) is 3.99. The van der Waals surface area contributed by atoms with Crippen LogP contribution in [0.4, 0.5) is 0 Å². The van der Waals surface area contributed by atoms with Crippen molar-refractivity contribution in [3.8, 4) is 5.75 Å². The lowest BCUT2D eigenvalue weighted by Crippen LogP contribution is -2.32. The number of ether oxygens (including phenoxy) is 1. The van der Waals surface area contributed by atoms with Gasteiger partial charge >= 0.3 is 0 Å². The van der Waals surface area contributed by atoms with Gasteiger partial charge in [-0.25, -0.2) is 13.1 Å². The van der Waals surface area contributed by atoms with E-state index in [1.54, 1.807) is 25.1 Å². The summed E-state index contributed by atoms with van der Waals surface area (Å²) in [4.78, 5) is 12.4. The number of aromatic nitrogens is 1. The monoisotopic (exact) mass is 350 g/mol. The fourth-order valence-electron chi connectivity index (χ4n) is 2.34. The van der Waals surface area contributed by atoms with Crippen LogP contribution in [-0.4, -0.2) is 26.6 Å². The lowest BCUT2D eigenvalue weighted by atomic mass is 10.1. The highest BCUT2D eigenvalue weighted by molar-refractivity contribution is 7.89. The standard InChI is InChI=1S/C15H14N2O6S/c1-9-14(12-7-11(21-2)3-4-13(12)23-9)15(18)17-24(19,20)8-10-5-6-22-16-10/h3-7H,8H2,1-2H3,(H,17,18). The van der Waals surface area contributed by atoms with Gasteiger partial charge in [-0.2, -0.15) is 0 Å². The Morgan fingerprint density at radius 1 is 1.33 bits per heavy atom. The fourth-order valence-corrected chi connectivity index (χ4v) is 3.34. The molecule has 0 atom stereocenters. The number of furan rings is 1. The van der Waals surface area contributed by atoms with Crippen molar-refractivity contribution < 1.29 is 26.9 Å². The van der Waals surface area contributed by atoms with Crippen molar-refractivity contribution in [1.82, 2.24) is 9.88 Å². The molecule has 9 heteroatoms. The van der Waals surface area contributed by atoms with Gasteiger partial charge in [0.05, 0.1) is 12.7 Å².